The van der Waals surface area contributed by atoms with Crippen molar-refractivity contribution in [2.75, 3.05) is 11.9 Å². The summed E-state index contributed by atoms with van der Waals surface area (Å²) in [5.41, 5.74) is 1.58. The lowest BCUT2D eigenvalue weighted by Gasteiger charge is -2.11. The molecular weight excluding hydrogens is 333 g/mol. The Balaban J connectivity index is 0.00000169. The van der Waals surface area contributed by atoms with E-state index in [0.717, 1.165) is 11.4 Å². The summed E-state index contributed by atoms with van der Waals surface area (Å²) in [4.78, 5) is 16.5. The van der Waals surface area contributed by atoms with Gasteiger partial charge in [-0.3, -0.25) is 9.89 Å². The van der Waals surface area contributed by atoms with E-state index in [1.807, 2.05) is 24.3 Å². The van der Waals surface area contributed by atoms with Gasteiger partial charge in [0, 0.05) is 30.1 Å². The van der Waals surface area contributed by atoms with Crippen LogP contribution in [0.2, 0.25) is 0 Å². The molecule has 6 nitrogen and oxygen atoms in total. The molecule has 0 spiro atoms. The van der Waals surface area contributed by atoms with Crippen LogP contribution in [0.15, 0.2) is 24.3 Å². The third-order valence-electron chi connectivity index (χ3n) is 4.27. The van der Waals surface area contributed by atoms with E-state index in [2.05, 4.69) is 25.8 Å². The van der Waals surface area contributed by atoms with Crippen molar-refractivity contribution in [2.24, 2.45) is 0 Å². The maximum Gasteiger partial charge on any atom is 0.241 e. The van der Waals surface area contributed by atoms with Crippen LogP contribution in [0.3, 0.4) is 0 Å². The highest BCUT2D eigenvalue weighted by Crippen LogP contribution is 2.38. The summed E-state index contributed by atoms with van der Waals surface area (Å²) in [5, 5.41) is 12.9. The number of alkyl halides is 1. The van der Waals surface area contributed by atoms with Crippen molar-refractivity contribution in [3.8, 4) is 11.4 Å². The fourth-order valence-corrected chi connectivity index (χ4v) is 2.77. The van der Waals surface area contributed by atoms with E-state index >= 15 is 0 Å². The van der Waals surface area contributed by atoms with Gasteiger partial charge >= 0.3 is 0 Å². The monoisotopic (exact) mass is 351 g/mol. The zero-order valence-electron chi connectivity index (χ0n) is 13.0. The molecule has 0 radical (unpaired) electrons. The maximum atomic E-state index is 13.1. The molecule has 4 rings (SSSR count). The molecule has 1 saturated heterocycles. The van der Waals surface area contributed by atoms with E-state index in [4.69, 9.17) is 0 Å². The first-order valence-corrected chi connectivity index (χ1v) is 7.90. The van der Waals surface area contributed by atoms with Gasteiger partial charge in [0.05, 0.1) is 6.04 Å². The Morgan fingerprint density at radius 3 is 2.62 bits per heavy atom. The minimum Gasteiger partial charge on any atom is -0.325 e. The van der Waals surface area contributed by atoms with Gasteiger partial charge in [0.1, 0.15) is 12.0 Å². The molecule has 2 aliphatic rings. The van der Waals surface area contributed by atoms with Crippen molar-refractivity contribution in [1.82, 2.24) is 20.5 Å². The lowest BCUT2D eigenvalue weighted by atomic mass is 10.1. The van der Waals surface area contributed by atoms with E-state index in [-0.39, 0.29) is 31.3 Å². The lowest BCUT2D eigenvalue weighted by Crippen LogP contribution is -2.35. The second-order valence-electron chi connectivity index (χ2n) is 6.18. The number of hydrogen-bond acceptors (Lipinski definition) is 4. The third kappa shape index (κ3) is 3.57. The summed E-state index contributed by atoms with van der Waals surface area (Å²) in [6, 6.07) is 6.90. The SMILES string of the molecule is Cl.O=C(Nc1ccc(-c2n[nH]c(C3CC3)n2)cc1)[C@H]1C[C@H](F)CN1. The van der Waals surface area contributed by atoms with Gasteiger partial charge in [-0.2, -0.15) is 5.10 Å². The second kappa shape index (κ2) is 6.86. The summed E-state index contributed by atoms with van der Waals surface area (Å²) in [6.07, 6.45) is 1.63. The zero-order valence-corrected chi connectivity index (χ0v) is 13.8. The number of amides is 1. The standard InChI is InChI=1S/C16H18FN5O.ClH/c17-11-7-13(18-8-11)16(23)19-12-5-3-10(4-6-12)15-20-14(21-22-15)9-1-2-9;/h3-6,9,11,13,18H,1-2,7-8H2,(H,19,23)(H,20,21,22);1H/t11-,13+;/m0./s1. The number of anilines is 1. The molecule has 0 unspecified atom stereocenters. The van der Waals surface area contributed by atoms with Gasteiger partial charge in [0.2, 0.25) is 5.91 Å². The minimum absolute atomic E-state index is 0. The first-order chi connectivity index (χ1) is 11.2. The number of H-pyrrole nitrogens is 1. The van der Waals surface area contributed by atoms with Crippen LogP contribution in [-0.2, 0) is 4.79 Å². The van der Waals surface area contributed by atoms with Gasteiger partial charge in [0.15, 0.2) is 5.82 Å². The number of rotatable bonds is 4. The van der Waals surface area contributed by atoms with E-state index in [9.17, 15) is 9.18 Å². The molecular formula is C16H19ClFN5O. The summed E-state index contributed by atoms with van der Waals surface area (Å²) < 4.78 is 13.1. The molecule has 8 heteroatoms. The van der Waals surface area contributed by atoms with E-state index in [1.54, 1.807) is 0 Å². The highest BCUT2D eigenvalue weighted by Gasteiger charge is 2.29. The van der Waals surface area contributed by atoms with Crippen LogP contribution in [-0.4, -0.2) is 39.8 Å². The average Bonchev–Trinajstić information content (AvgIpc) is 3.12. The van der Waals surface area contributed by atoms with Crippen molar-refractivity contribution in [3.05, 3.63) is 30.1 Å². The van der Waals surface area contributed by atoms with E-state index < -0.39 is 12.2 Å². The Morgan fingerprint density at radius 1 is 1.25 bits per heavy atom. The van der Waals surface area contributed by atoms with Crippen molar-refractivity contribution in [2.45, 2.75) is 37.4 Å². The van der Waals surface area contributed by atoms with E-state index in [0.29, 0.717) is 17.4 Å². The Morgan fingerprint density at radius 2 is 2.00 bits per heavy atom. The van der Waals surface area contributed by atoms with Crippen LogP contribution in [0, 0.1) is 0 Å². The minimum atomic E-state index is -0.945. The number of aromatic nitrogens is 3. The number of aromatic amines is 1. The molecule has 2 aromatic rings. The van der Waals surface area contributed by atoms with Gasteiger partial charge in [-0.25, -0.2) is 9.37 Å². The molecule has 128 valence electrons. The molecule has 0 bridgehead atoms. The van der Waals surface area contributed by atoms with Crippen LogP contribution >= 0.6 is 12.4 Å². The Hall–Kier alpha value is -1.99. The molecule has 1 saturated carbocycles. The summed E-state index contributed by atoms with van der Waals surface area (Å²) in [6.45, 7) is 0.241. The fourth-order valence-electron chi connectivity index (χ4n) is 2.77. The van der Waals surface area contributed by atoms with Crippen LogP contribution in [0.4, 0.5) is 10.1 Å². The molecule has 3 N–H and O–H groups in total. The van der Waals surface area contributed by atoms with Crippen molar-refractivity contribution in [1.29, 1.82) is 0 Å². The second-order valence-corrected chi connectivity index (χ2v) is 6.18. The number of nitrogens with zero attached hydrogens (tertiary/aromatic N) is 2. The normalized spacial score (nSPS) is 22.9. The number of carbonyl (C=O) groups is 1. The van der Waals surface area contributed by atoms with Gasteiger partial charge in [-0.15, -0.1) is 12.4 Å². The highest BCUT2D eigenvalue weighted by atomic mass is 35.5. The molecule has 1 aromatic carbocycles. The van der Waals surface area contributed by atoms with Gasteiger partial charge in [-0.1, -0.05) is 0 Å². The van der Waals surface area contributed by atoms with Crippen LogP contribution < -0.4 is 10.6 Å². The lowest BCUT2D eigenvalue weighted by molar-refractivity contribution is -0.117. The molecule has 2 atom stereocenters. The molecule has 24 heavy (non-hydrogen) atoms. The predicted molar refractivity (Wildman–Crippen MR) is 91.0 cm³/mol. The molecule has 1 amide bonds. The third-order valence-corrected chi connectivity index (χ3v) is 4.27. The zero-order chi connectivity index (χ0) is 15.8. The van der Waals surface area contributed by atoms with Gasteiger partial charge < -0.3 is 10.6 Å². The Labute approximate surface area is 145 Å². The van der Waals surface area contributed by atoms with Crippen molar-refractivity contribution < 1.29 is 9.18 Å². The van der Waals surface area contributed by atoms with Gasteiger partial charge in [0.25, 0.3) is 0 Å². The molecule has 2 fully saturated rings. The van der Waals surface area contributed by atoms with Gasteiger partial charge in [-0.05, 0) is 37.1 Å². The molecule has 1 aliphatic carbocycles. The predicted octanol–water partition coefficient (Wildman–Crippen LogP) is 2.41. The highest BCUT2D eigenvalue weighted by molar-refractivity contribution is 5.95. The van der Waals surface area contributed by atoms with E-state index in [1.165, 1.54) is 12.8 Å². The van der Waals surface area contributed by atoms with Crippen LogP contribution in [0.5, 0.6) is 0 Å². The maximum absolute atomic E-state index is 13.1. The van der Waals surface area contributed by atoms with Crippen LogP contribution in [0.1, 0.15) is 31.0 Å². The molecule has 1 aromatic heterocycles. The van der Waals surface area contributed by atoms with Crippen LogP contribution in [0.25, 0.3) is 11.4 Å². The molecule has 1 aliphatic heterocycles. The average molecular weight is 352 g/mol. The number of hydrogen-bond donors (Lipinski definition) is 3. The summed E-state index contributed by atoms with van der Waals surface area (Å²) in [5.74, 6) is 1.95. The quantitative estimate of drug-likeness (QED) is 0.790. The Bertz CT molecular complexity index is 716. The Kier molecular flexibility index (Phi) is 4.82. The summed E-state index contributed by atoms with van der Waals surface area (Å²) >= 11 is 0. The smallest absolute Gasteiger partial charge is 0.241 e. The summed E-state index contributed by atoms with van der Waals surface area (Å²) in [7, 11) is 0. The number of nitrogens with one attached hydrogen (secondary N) is 3. The fraction of sp³-hybridized carbons (Fsp3) is 0.438. The van der Waals surface area contributed by atoms with Crippen molar-refractivity contribution in [3.63, 3.8) is 0 Å². The largest absolute Gasteiger partial charge is 0.325 e. The van der Waals surface area contributed by atoms with Crippen molar-refractivity contribution >= 4 is 24.0 Å². The number of halogens is 2. The first-order valence-electron chi connectivity index (χ1n) is 7.90. The molecule has 2 heterocycles. The topological polar surface area (TPSA) is 82.7 Å². The number of carbonyl (C=O) groups excluding carboxylic acids is 1. The number of benzene rings is 1. The first kappa shape index (κ1) is 16.9.